The maximum atomic E-state index is 12.7. The lowest BCUT2D eigenvalue weighted by molar-refractivity contribution is -0.114. The van der Waals surface area contributed by atoms with Crippen LogP contribution < -0.4 is 25.6 Å². The Hall–Kier alpha value is -3.60. The molecule has 0 spiro atoms. The van der Waals surface area contributed by atoms with Gasteiger partial charge in [0.15, 0.2) is 0 Å². The molecule has 3 amide bonds. The van der Waals surface area contributed by atoms with Gasteiger partial charge in [0.1, 0.15) is 5.75 Å². The molecule has 0 saturated heterocycles. The molecule has 0 radical (unpaired) electrons. The van der Waals surface area contributed by atoms with Gasteiger partial charge >= 0.3 is 0 Å². The summed E-state index contributed by atoms with van der Waals surface area (Å²) in [5.41, 5.74) is 5.02. The van der Waals surface area contributed by atoms with Gasteiger partial charge in [0.2, 0.25) is 15.9 Å². The number of anilines is 2. The smallest absolute Gasteiger partial charge is 0.271 e. The highest BCUT2D eigenvalue weighted by atomic mass is 32.2. The number of ether oxygens (including phenoxy) is 1. The monoisotopic (exact) mass is 490 g/mol. The first-order valence-electron chi connectivity index (χ1n) is 10.8. The average molecular weight is 491 g/mol. The molecule has 184 valence electrons. The number of hydrazine groups is 1. The van der Waals surface area contributed by atoms with Gasteiger partial charge in [0.05, 0.1) is 24.1 Å². The standard InChI is InChI=1S/C23H30N4O6S/c1-4-5-6-7-14-33-19-11-8-17(9-12-19)22(29)25-26-23(30)20-15-18(24-16(2)28)10-13-21(20)27-34(3,31)32/h8-13,15,27H,4-7,14H2,1-3H3,(H,24,28)(H,25,29)(H,26,30). The van der Waals surface area contributed by atoms with E-state index in [2.05, 4.69) is 27.8 Å². The first kappa shape index (κ1) is 26.7. The van der Waals surface area contributed by atoms with E-state index >= 15 is 0 Å². The van der Waals surface area contributed by atoms with Crippen molar-refractivity contribution in [3.05, 3.63) is 53.6 Å². The molecule has 2 aromatic rings. The highest BCUT2D eigenvalue weighted by Crippen LogP contribution is 2.22. The quantitative estimate of drug-likeness (QED) is 0.282. The van der Waals surface area contributed by atoms with Crippen molar-refractivity contribution in [1.29, 1.82) is 0 Å². The number of carbonyl (C=O) groups is 3. The number of carbonyl (C=O) groups excluding carboxylic acids is 3. The van der Waals surface area contributed by atoms with Crippen molar-refractivity contribution in [2.45, 2.75) is 39.5 Å². The van der Waals surface area contributed by atoms with Gasteiger partial charge in [-0.2, -0.15) is 0 Å². The van der Waals surface area contributed by atoms with E-state index in [1.807, 2.05) is 0 Å². The maximum Gasteiger partial charge on any atom is 0.271 e. The molecule has 0 heterocycles. The van der Waals surface area contributed by atoms with E-state index in [9.17, 15) is 22.8 Å². The lowest BCUT2D eigenvalue weighted by Crippen LogP contribution is -2.42. The molecule has 4 N–H and O–H groups in total. The Bertz CT molecular complexity index is 1120. The second-order valence-electron chi connectivity index (χ2n) is 7.66. The fourth-order valence-corrected chi connectivity index (χ4v) is 3.55. The molecule has 10 nitrogen and oxygen atoms in total. The van der Waals surface area contributed by atoms with Gasteiger partial charge in [-0.25, -0.2) is 8.42 Å². The first-order chi connectivity index (χ1) is 16.1. The van der Waals surface area contributed by atoms with Crippen LogP contribution in [0.25, 0.3) is 0 Å². The second kappa shape index (κ2) is 12.6. The molecule has 0 saturated carbocycles. The van der Waals surface area contributed by atoms with Crippen LogP contribution in [-0.2, 0) is 14.8 Å². The van der Waals surface area contributed by atoms with Crippen molar-refractivity contribution < 1.29 is 27.5 Å². The average Bonchev–Trinajstić information content (AvgIpc) is 2.77. The third-order valence-electron chi connectivity index (χ3n) is 4.55. The minimum Gasteiger partial charge on any atom is -0.494 e. The van der Waals surface area contributed by atoms with Gasteiger partial charge in [-0.3, -0.25) is 30.0 Å². The van der Waals surface area contributed by atoms with Crippen LogP contribution in [0, 0.1) is 0 Å². The predicted octanol–water partition coefficient (Wildman–Crippen LogP) is 3.05. The molecule has 0 unspecified atom stereocenters. The summed E-state index contributed by atoms with van der Waals surface area (Å²) in [5.74, 6) is -1.07. The molecule has 34 heavy (non-hydrogen) atoms. The lowest BCUT2D eigenvalue weighted by Gasteiger charge is -2.14. The maximum absolute atomic E-state index is 12.7. The first-order valence-corrected chi connectivity index (χ1v) is 12.7. The Morgan fingerprint density at radius 3 is 2.21 bits per heavy atom. The minimum absolute atomic E-state index is 0.0104. The Morgan fingerprint density at radius 1 is 0.912 bits per heavy atom. The van der Waals surface area contributed by atoms with Crippen LogP contribution in [-0.4, -0.2) is 39.0 Å². The summed E-state index contributed by atoms with van der Waals surface area (Å²) in [7, 11) is -3.68. The lowest BCUT2D eigenvalue weighted by atomic mass is 10.1. The Kier molecular flexibility index (Phi) is 9.87. The van der Waals surface area contributed by atoms with Crippen LogP contribution in [0.1, 0.15) is 60.2 Å². The van der Waals surface area contributed by atoms with Crippen LogP contribution in [0.4, 0.5) is 11.4 Å². The van der Waals surface area contributed by atoms with Gasteiger partial charge in [0.25, 0.3) is 11.8 Å². The number of nitrogens with one attached hydrogen (secondary N) is 4. The van der Waals surface area contributed by atoms with Gasteiger partial charge in [-0.15, -0.1) is 0 Å². The molecule has 0 aliphatic carbocycles. The van der Waals surface area contributed by atoms with E-state index in [1.54, 1.807) is 24.3 Å². The van der Waals surface area contributed by atoms with E-state index in [0.29, 0.717) is 17.9 Å². The fourth-order valence-electron chi connectivity index (χ4n) is 2.98. The Balaban J connectivity index is 2.02. The minimum atomic E-state index is -3.68. The topological polar surface area (TPSA) is 143 Å². The SMILES string of the molecule is CCCCCCOc1ccc(C(=O)NNC(=O)c2cc(NC(C)=O)ccc2NS(C)(=O)=O)cc1. The number of hydrogen-bond donors (Lipinski definition) is 4. The van der Waals surface area contributed by atoms with Crippen molar-refractivity contribution in [3.63, 3.8) is 0 Å². The number of hydrogen-bond acceptors (Lipinski definition) is 6. The van der Waals surface area contributed by atoms with Crippen LogP contribution in [0.15, 0.2) is 42.5 Å². The van der Waals surface area contributed by atoms with E-state index in [1.165, 1.54) is 25.1 Å². The zero-order chi connectivity index (χ0) is 25.1. The van der Waals surface area contributed by atoms with Gasteiger partial charge in [-0.05, 0) is 48.9 Å². The van der Waals surface area contributed by atoms with Crippen molar-refractivity contribution >= 4 is 39.1 Å². The van der Waals surface area contributed by atoms with Crippen LogP contribution in [0.5, 0.6) is 5.75 Å². The third kappa shape index (κ3) is 9.10. The van der Waals surface area contributed by atoms with E-state index in [0.717, 1.165) is 31.9 Å². The Labute approximate surface area is 199 Å². The van der Waals surface area contributed by atoms with Crippen molar-refractivity contribution in [2.24, 2.45) is 0 Å². The molecule has 0 bridgehead atoms. The van der Waals surface area contributed by atoms with E-state index < -0.39 is 21.8 Å². The normalized spacial score (nSPS) is 10.8. The summed E-state index contributed by atoms with van der Waals surface area (Å²) in [6.45, 7) is 4.04. The molecule has 0 aliphatic heterocycles. The van der Waals surface area contributed by atoms with Gasteiger partial charge in [-0.1, -0.05) is 26.2 Å². The van der Waals surface area contributed by atoms with E-state index in [-0.39, 0.29) is 22.8 Å². The van der Waals surface area contributed by atoms with Crippen molar-refractivity contribution in [1.82, 2.24) is 10.9 Å². The molecular weight excluding hydrogens is 460 g/mol. The van der Waals surface area contributed by atoms with Crippen LogP contribution in [0.3, 0.4) is 0 Å². The predicted molar refractivity (Wildman–Crippen MR) is 130 cm³/mol. The second-order valence-corrected chi connectivity index (χ2v) is 9.41. The summed E-state index contributed by atoms with van der Waals surface area (Å²) in [6, 6.07) is 10.5. The van der Waals surface area contributed by atoms with Gasteiger partial charge in [0, 0.05) is 18.2 Å². The van der Waals surface area contributed by atoms with Gasteiger partial charge < -0.3 is 10.1 Å². The summed E-state index contributed by atoms with van der Waals surface area (Å²) in [4.78, 5) is 36.4. The molecule has 2 aromatic carbocycles. The third-order valence-corrected chi connectivity index (χ3v) is 5.14. The number of benzene rings is 2. The number of sulfonamides is 1. The molecular formula is C23H30N4O6S. The number of unbranched alkanes of at least 4 members (excludes halogenated alkanes) is 3. The Morgan fingerprint density at radius 2 is 1.59 bits per heavy atom. The molecule has 0 aromatic heterocycles. The largest absolute Gasteiger partial charge is 0.494 e. The number of amides is 3. The molecule has 0 fully saturated rings. The summed E-state index contributed by atoms with van der Waals surface area (Å²) >= 11 is 0. The van der Waals surface area contributed by atoms with Crippen LogP contribution >= 0.6 is 0 Å². The van der Waals surface area contributed by atoms with Crippen LogP contribution in [0.2, 0.25) is 0 Å². The molecule has 2 rings (SSSR count). The molecule has 0 atom stereocenters. The fraction of sp³-hybridized carbons (Fsp3) is 0.348. The highest BCUT2D eigenvalue weighted by molar-refractivity contribution is 7.92. The summed E-state index contributed by atoms with van der Waals surface area (Å²) < 4.78 is 31.2. The highest BCUT2D eigenvalue weighted by Gasteiger charge is 2.17. The zero-order valence-corrected chi connectivity index (χ0v) is 20.3. The zero-order valence-electron chi connectivity index (χ0n) is 19.4. The number of rotatable bonds is 11. The van der Waals surface area contributed by atoms with Crippen molar-refractivity contribution in [2.75, 3.05) is 22.9 Å². The summed E-state index contributed by atoms with van der Waals surface area (Å²) in [5, 5.41) is 2.52. The molecule has 11 heteroatoms. The summed E-state index contributed by atoms with van der Waals surface area (Å²) in [6.07, 6.45) is 5.32. The van der Waals surface area contributed by atoms with Crippen molar-refractivity contribution in [3.8, 4) is 5.75 Å². The molecule has 0 aliphatic rings. The van der Waals surface area contributed by atoms with E-state index in [4.69, 9.17) is 4.74 Å².